The Labute approximate surface area is 200 Å². The Bertz CT molecular complexity index is 1310. The number of hydrogen-bond acceptors (Lipinski definition) is 6. The molecule has 3 atom stereocenters. The zero-order valence-corrected chi connectivity index (χ0v) is 19.9. The van der Waals surface area contributed by atoms with Crippen LogP contribution >= 0.6 is 0 Å². The van der Waals surface area contributed by atoms with E-state index in [1.807, 2.05) is 42.8 Å². The van der Waals surface area contributed by atoms with Crippen LogP contribution in [0.25, 0.3) is 22.2 Å². The van der Waals surface area contributed by atoms with Crippen LogP contribution in [-0.4, -0.2) is 47.7 Å². The van der Waals surface area contributed by atoms with Crippen molar-refractivity contribution < 1.29 is 18.3 Å². The smallest absolute Gasteiger partial charge is 0.392 e. The molecule has 4 rings (SSSR count). The van der Waals surface area contributed by atoms with Gasteiger partial charge in [-0.3, -0.25) is 5.10 Å². The van der Waals surface area contributed by atoms with Crippen molar-refractivity contribution in [3.8, 4) is 11.3 Å². The molecule has 0 saturated carbocycles. The van der Waals surface area contributed by atoms with Gasteiger partial charge in [0.2, 0.25) is 0 Å². The minimum Gasteiger partial charge on any atom is -0.392 e. The Hall–Kier alpha value is -3.31. The number of halogens is 3. The van der Waals surface area contributed by atoms with Gasteiger partial charge in [-0.15, -0.1) is 10.2 Å². The van der Waals surface area contributed by atoms with Crippen LogP contribution in [-0.2, 0) is 13.2 Å². The highest BCUT2D eigenvalue weighted by molar-refractivity contribution is 5.94. The molecule has 0 saturated heterocycles. The predicted molar refractivity (Wildman–Crippen MR) is 126 cm³/mol. The number of alkyl halides is 3. The fourth-order valence-corrected chi connectivity index (χ4v) is 4.24. The number of nitrogens with zero attached hydrogens (tertiary/aromatic N) is 5. The Balaban J connectivity index is 1.82. The van der Waals surface area contributed by atoms with Gasteiger partial charge < -0.3 is 15.0 Å². The van der Waals surface area contributed by atoms with E-state index in [9.17, 15) is 18.3 Å². The summed E-state index contributed by atoms with van der Waals surface area (Å²) in [6.45, 7) is 5.56. The molecule has 3 N–H and O–H groups in total. The quantitative estimate of drug-likeness (QED) is 0.341. The summed E-state index contributed by atoms with van der Waals surface area (Å²) in [7, 11) is 1.88. The summed E-state index contributed by atoms with van der Waals surface area (Å²) in [5.74, 6) is 0.778. The van der Waals surface area contributed by atoms with Crippen molar-refractivity contribution in [1.29, 1.82) is 0 Å². The number of nitrogens with one attached hydrogen (secondary N) is 2. The number of H-pyrrole nitrogens is 1. The van der Waals surface area contributed by atoms with Crippen LogP contribution in [0.15, 0.2) is 36.7 Å². The summed E-state index contributed by atoms with van der Waals surface area (Å²) < 4.78 is 43.1. The molecule has 0 spiro atoms. The molecule has 11 heteroatoms. The summed E-state index contributed by atoms with van der Waals surface area (Å²) in [6, 6.07) is 8.08. The lowest BCUT2D eigenvalue weighted by Gasteiger charge is -2.17. The lowest BCUT2D eigenvalue weighted by Crippen LogP contribution is -2.28. The van der Waals surface area contributed by atoms with E-state index in [1.165, 1.54) is 0 Å². The summed E-state index contributed by atoms with van der Waals surface area (Å²) in [4.78, 5) is 3.90. The van der Waals surface area contributed by atoms with Gasteiger partial charge in [0, 0.05) is 36.5 Å². The Morgan fingerprint density at radius 3 is 2.60 bits per heavy atom. The van der Waals surface area contributed by atoms with Crippen LogP contribution in [0, 0.1) is 0 Å². The number of rotatable bonds is 8. The first-order valence-corrected chi connectivity index (χ1v) is 11.4. The van der Waals surface area contributed by atoms with Gasteiger partial charge >= 0.3 is 6.18 Å². The summed E-state index contributed by atoms with van der Waals surface area (Å²) >= 11 is 0. The minimum absolute atomic E-state index is 0.0275. The van der Waals surface area contributed by atoms with E-state index in [0.717, 1.165) is 23.9 Å². The van der Waals surface area contributed by atoms with E-state index < -0.39 is 24.0 Å². The maximum atomic E-state index is 13.8. The van der Waals surface area contributed by atoms with Gasteiger partial charge in [0.15, 0.2) is 0 Å². The Morgan fingerprint density at radius 1 is 1.20 bits per heavy atom. The van der Waals surface area contributed by atoms with E-state index >= 15 is 0 Å². The van der Waals surface area contributed by atoms with Crippen LogP contribution < -0.4 is 5.32 Å². The van der Waals surface area contributed by atoms with Gasteiger partial charge in [0.25, 0.3) is 0 Å². The molecule has 4 aromatic rings. The van der Waals surface area contributed by atoms with Crippen molar-refractivity contribution in [3.05, 3.63) is 59.4 Å². The molecule has 3 aromatic heterocycles. The molecule has 1 aromatic carbocycles. The lowest BCUT2D eigenvalue weighted by molar-refractivity contribution is -0.141. The van der Waals surface area contributed by atoms with Crippen LogP contribution in [0.5, 0.6) is 0 Å². The highest BCUT2D eigenvalue weighted by atomic mass is 19.4. The first kappa shape index (κ1) is 24.8. The molecule has 0 bridgehead atoms. The summed E-state index contributed by atoms with van der Waals surface area (Å²) in [5, 5.41) is 28.4. The first-order chi connectivity index (χ1) is 16.6. The maximum Gasteiger partial charge on any atom is 0.433 e. The highest BCUT2D eigenvalue weighted by Gasteiger charge is 2.35. The third-order valence-electron chi connectivity index (χ3n) is 6.03. The van der Waals surface area contributed by atoms with Gasteiger partial charge in [-0.25, -0.2) is 4.98 Å². The van der Waals surface area contributed by atoms with Gasteiger partial charge in [0.1, 0.15) is 23.5 Å². The molecule has 0 unspecified atom stereocenters. The number of aliphatic hydroxyl groups excluding tert-OH is 1. The average molecular weight is 488 g/mol. The molecule has 186 valence electrons. The predicted octanol–water partition coefficient (Wildman–Crippen LogP) is 4.35. The first-order valence-electron chi connectivity index (χ1n) is 11.4. The van der Waals surface area contributed by atoms with Crippen molar-refractivity contribution >= 4 is 10.9 Å². The third-order valence-corrected chi connectivity index (χ3v) is 6.03. The van der Waals surface area contributed by atoms with E-state index in [0.29, 0.717) is 22.2 Å². The average Bonchev–Trinajstić information content (AvgIpc) is 3.43. The lowest BCUT2D eigenvalue weighted by atomic mass is 9.93. The highest BCUT2D eigenvalue weighted by Crippen LogP contribution is 2.37. The SMILES string of the molecule is CC[C@@H](c1cccc(-c2n[nH]c3c([C@@H](C)NC[C@H](C)O)nc(C(F)(F)F)cc23)c1)c1nncn1C. The van der Waals surface area contributed by atoms with E-state index in [1.54, 1.807) is 20.2 Å². The number of fused-ring (bicyclic) bond motifs is 1. The second kappa shape index (κ2) is 9.74. The number of pyridine rings is 1. The van der Waals surface area contributed by atoms with Crippen molar-refractivity contribution in [2.45, 2.75) is 51.4 Å². The Kier molecular flexibility index (Phi) is 6.91. The molecular formula is C24H28F3N7O. The molecule has 8 nitrogen and oxygen atoms in total. The van der Waals surface area contributed by atoms with Gasteiger partial charge in [0.05, 0.1) is 17.3 Å². The van der Waals surface area contributed by atoms with Crippen LogP contribution in [0.3, 0.4) is 0 Å². The molecule has 0 amide bonds. The summed E-state index contributed by atoms with van der Waals surface area (Å²) in [6.07, 6.45) is -2.86. The second-order valence-electron chi connectivity index (χ2n) is 8.75. The molecular weight excluding hydrogens is 459 g/mol. The zero-order valence-electron chi connectivity index (χ0n) is 19.9. The number of aromatic nitrogens is 6. The molecule has 0 radical (unpaired) electrons. The third kappa shape index (κ3) is 5.06. The number of aromatic amines is 1. The van der Waals surface area contributed by atoms with Crippen LogP contribution in [0.4, 0.5) is 13.2 Å². The van der Waals surface area contributed by atoms with E-state index in [4.69, 9.17) is 0 Å². The van der Waals surface area contributed by atoms with Crippen molar-refractivity contribution in [1.82, 2.24) is 35.3 Å². The molecule has 0 fully saturated rings. The zero-order chi connectivity index (χ0) is 25.3. The minimum atomic E-state index is -4.62. The number of hydrogen-bond donors (Lipinski definition) is 3. The van der Waals surface area contributed by atoms with Crippen molar-refractivity contribution in [2.75, 3.05) is 6.54 Å². The fourth-order valence-electron chi connectivity index (χ4n) is 4.24. The summed E-state index contributed by atoms with van der Waals surface area (Å²) in [5.41, 5.74) is 1.68. The second-order valence-corrected chi connectivity index (χ2v) is 8.75. The van der Waals surface area contributed by atoms with Crippen molar-refractivity contribution in [2.24, 2.45) is 7.05 Å². The van der Waals surface area contributed by atoms with Gasteiger partial charge in [-0.2, -0.15) is 18.3 Å². The number of aliphatic hydroxyl groups is 1. The van der Waals surface area contributed by atoms with Crippen LogP contribution in [0.2, 0.25) is 0 Å². The number of aryl methyl sites for hydroxylation is 1. The topological polar surface area (TPSA) is 105 Å². The number of benzene rings is 1. The normalized spacial score (nSPS) is 14.9. The van der Waals surface area contributed by atoms with E-state index in [2.05, 4.69) is 30.7 Å². The van der Waals surface area contributed by atoms with Gasteiger partial charge in [-0.05, 0) is 38.0 Å². The molecule has 0 aliphatic rings. The fraction of sp³-hybridized carbons (Fsp3) is 0.417. The monoisotopic (exact) mass is 487 g/mol. The molecule has 3 heterocycles. The standard InChI is InChI=1S/C24H28F3N7O/c1-5-17(23-33-29-12-34(23)4)15-7-6-8-16(9-15)21-18-10-19(24(25,26)27)30-20(22(18)32-31-21)14(3)28-11-13(2)35/h6-10,12-14,17,28,35H,5,11H2,1-4H3,(H,31,32)/t13-,14+,17-/m0/s1. The molecule has 35 heavy (non-hydrogen) atoms. The van der Waals surface area contributed by atoms with Gasteiger partial charge in [-0.1, -0.05) is 25.1 Å². The maximum absolute atomic E-state index is 13.8. The van der Waals surface area contributed by atoms with E-state index in [-0.39, 0.29) is 18.2 Å². The Morgan fingerprint density at radius 2 is 1.97 bits per heavy atom. The largest absolute Gasteiger partial charge is 0.433 e. The van der Waals surface area contributed by atoms with Crippen LogP contribution in [0.1, 0.15) is 61.9 Å². The van der Waals surface area contributed by atoms with Crippen molar-refractivity contribution in [3.63, 3.8) is 0 Å². The molecule has 0 aliphatic carbocycles. The molecule has 0 aliphatic heterocycles.